The molecule has 2 aromatic rings. The first-order chi connectivity index (χ1) is 10.2. The molecule has 0 aliphatic carbocycles. The normalized spacial score (nSPS) is 10.4. The van der Waals surface area contributed by atoms with E-state index in [0.717, 1.165) is 12.8 Å². The van der Waals surface area contributed by atoms with E-state index in [4.69, 9.17) is 9.47 Å². The highest BCUT2D eigenvalue weighted by molar-refractivity contribution is 9.10. The second-order valence-corrected chi connectivity index (χ2v) is 6.34. The summed E-state index contributed by atoms with van der Waals surface area (Å²) in [7, 11) is 3.14. The first-order valence-electron chi connectivity index (χ1n) is 6.63. The highest BCUT2D eigenvalue weighted by atomic mass is 79.9. The van der Waals surface area contributed by atoms with Gasteiger partial charge >= 0.3 is 0 Å². The van der Waals surface area contributed by atoms with Gasteiger partial charge in [-0.25, -0.2) is 0 Å². The summed E-state index contributed by atoms with van der Waals surface area (Å²) in [4.78, 5) is 13.7. The predicted octanol–water partition coefficient (Wildman–Crippen LogP) is 4.73. The predicted molar refractivity (Wildman–Crippen MR) is 88.8 cm³/mol. The zero-order valence-corrected chi connectivity index (χ0v) is 14.4. The van der Waals surface area contributed by atoms with Gasteiger partial charge in [0.2, 0.25) is 0 Å². The Labute approximate surface area is 137 Å². The maximum atomic E-state index is 12.4. The van der Waals surface area contributed by atoms with Gasteiger partial charge in [0.05, 0.1) is 19.8 Å². The van der Waals surface area contributed by atoms with Crippen LogP contribution in [0.15, 0.2) is 34.1 Å². The molecule has 0 unspecified atom stereocenters. The number of ether oxygens (including phenoxy) is 2. The molecule has 1 heterocycles. The lowest BCUT2D eigenvalue weighted by atomic mass is 10.0. The van der Waals surface area contributed by atoms with E-state index in [9.17, 15) is 4.79 Å². The number of thiophene rings is 1. The van der Waals surface area contributed by atoms with E-state index in [0.29, 0.717) is 28.0 Å². The van der Waals surface area contributed by atoms with Crippen molar-refractivity contribution in [2.75, 3.05) is 14.2 Å². The third-order valence-electron chi connectivity index (χ3n) is 3.19. The van der Waals surface area contributed by atoms with Crippen molar-refractivity contribution in [2.45, 2.75) is 19.3 Å². The van der Waals surface area contributed by atoms with Gasteiger partial charge in [0.15, 0.2) is 5.78 Å². The standard InChI is InChI=1S/C16H17BrO3S/c1-19-14-9-8-12(16(20-2)15(14)17)13(18)7-3-5-11-6-4-10-21-11/h4,6,8-10H,3,5,7H2,1-2H3. The first-order valence-corrected chi connectivity index (χ1v) is 8.30. The highest BCUT2D eigenvalue weighted by Gasteiger charge is 2.17. The molecule has 21 heavy (non-hydrogen) atoms. The highest BCUT2D eigenvalue weighted by Crippen LogP contribution is 2.37. The smallest absolute Gasteiger partial charge is 0.166 e. The molecule has 2 rings (SSSR count). The Kier molecular flexibility index (Phi) is 5.82. The average molecular weight is 369 g/mol. The maximum Gasteiger partial charge on any atom is 0.166 e. The minimum atomic E-state index is 0.0896. The van der Waals surface area contributed by atoms with Crippen molar-refractivity contribution >= 4 is 33.0 Å². The summed E-state index contributed by atoms with van der Waals surface area (Å²) < 4.78 is 11.2. The quantitative estimate of drug-likeness (QED) is 0.662. The third-order valence-corrected chi connectivity index (χ3v) is 4.88. The molecule has 0 aliphatic heterocycles. The molecule has 3 nitrogen and oxygen atoms in total. The number of aryl methyl sites for hydroxylation is 1. The van der Waals surface area contributed by atoms with Crippen LogP contribution in [0.5, 0.6) is 11.5 Å². The molecule has 1 aromatic heterocycles. The van der Waals surface area contributed by atoms with Crippen molar-refractivity contribution in [3.8, 4) is 11.5 Å². The topological polar surface area (TPSA) is 35.5 Å². The van der Waals surface area contributed by atoms with Crippen LogP contribution in [-0.4, -0.2) is 20.0 Å². The van der Waals surface area contributed by atoms with Crippen LogP contribution < -0.4 is 9.47 Å². The van der Waals surface area contributed by atoms with Crippen molar-refractivity contribution in [3.05, 3.63) is 44.6 Å². The largest absolute Gasteiger partial charge is 0.495 e. The van der Waals surface area contributed by atoms with Crippen LogP contribution in [0.4, 0.5) is 0 Å². The number of benzene rings is 1. The lowest BCUT2D eigenvalue weighted by molar-refractivity contribution is 0.0977. The molecule has 0 bridgehead atoms. The second-order valence-electron chi connectivity index (χ2n) is 4.52. The van der Waals surface area contributed by atoms with Crippen molar-refractivity contribution in [1.82, 2.24) is 0 Å². The lowest BCUT2D eigenvalue weighted by Gasteiger charge is -2.12. The molecule has 112 valence electrons. The van der Waals surface area contributed by atoms with Crippen molar-refractivity contribution in [3.63, 3.8) is 0 Å². The summed E-state index contributed by atoms with van der Waals surface area (Å²) >= 11 is 5.15. The van der Waals surface area contributed by atoms with Gasteiger partial charge in [-0.2, -0.15) is 0 Å². The summed E-state index contributed by atoms with van der Waals surface area (Å²) in [6.07, 6.45) is 2.28. The lowest BCUT2D eigenvalue weighted by Crippen LogP contribution is -2.04. The summed E-state index contributed by atoms with van der Waals surface area (Å²) in [5, 5.41) is 2.06. The summed E-state index contributed by atoms with van der Waals surface area (Å²) in [5.74, 6) is 1.28. The Morgan fingerprint density at radius 2 is 2.05 bits per heavy atom. The van der Waals surface area contributed by atoms with Crippen molar-refractivity contribution in [1.29, 1.82) is 0 Å². The fraction of sp³-hybridized carbons (Fsp3) is 0.312. The molecular weight excluding hydrogens is 352 g/mol. The zero-order valence-electron chi connectivity index (χ0n) is 12.0. The number of carbonyl (C=O) groups excluding carboxylic acids is 1. The number of hydrogen-bond acceptors (Lipinski definition) is 4. The maximum absolute atomic E-state index is 12.4. The minimum Gasteiger partial charge on any atom is -0.495 e. The van der Waals surface area contributed by atoms with E-state index in [-0.39, 0.29) is 5.78 Å². The van der Waals surface area contributed by atoms with Gasteiger partial charge in [0.1, 0.15) is 16.0 Å². The Balaban J connectivity index is 2.06. The van der Waals surface area contributed by atoms with Crippen LogP contribution >= 0.6 is 27.3 Å². The fourth-order valence-corrected chi connectivity index (χ4v) is 3.55. The second kappa shape index (κ2) is 7.61. The molecule has 5 heteroatoms. The summed E-state index contributed by atoms with van der Waals surface area (Å²) in [6.45, 7) is 0. The van der Waals surface area contributed by atoms with Crippen molar-refractivity contribution in [2.24, 2.45) is 0 Å². The van der Waals surface area contributed by atoms with Crippen LogP contribution in [0, 0.1) is 0 Å². The number of rotatable bonds is 7. The van der Waals surface area contributed by atoms with Gasteiger partial charge in [-0.3, -0.25) is 4.79 Å². The van der Waals surface area contributed by atoms with Crippen LogP contribution in [0.2, 0.25) is 0 Å². The van der Waals surface area contributed by atoms with Gasteiger partial charge in [0.25, 0.3) is 0 Å². The van der Waals surface area contributed by atoms with Crippen molar-refractivity contribution < 1.29 is 14.3 Å². The number of hydrogen-bond donors (Lipinski definition) is 0. The Morgan fingerprint density at radius 3 is 2.67 bits per heavy atom. The summed E-state index contributed by atoms with van der Waals surface area (Å²) in [5.41, 5.74) is 0.594. The fourth-order valence-electron chi connectivity index (χ4n) is 2.13. The Bertz CT molecular complexity index is 608. The first kappa shape index (κ1) is 16.0. The van der Waals surface area contributed by atoms with Crippen LogP contribution in [0.25, 0.3) is 0 Å². The molecule has 0 radical (unpaired) electrons. The van der Waals surface area contributed by atoms with Crippen LogP contribution in [0.3, 0.4) is 0 Å². The molecule has 0 spiro atoms. The number of halogens is 1. The van der Waals surface area contributed by atoms with Crippen LogP contribution in [0.1, 0.15) is 28.1 Å². The molecule has 0 saturated carbocycles. The van der Waals surface area contributed by atoms with Gasteiger partial charge in [-0.15, -0.1) is 11.3 Å². The SMILES string of the molecule is COc1ccc(C(=O)CCCc2cccs2)c(OC)c1Br. The van der Waals surface area contributed by atoms with Gasteiger partial charge in [-0.1, -0.05) is 6.07 Å². The van der Waals surface area contributed by atoms with E-state index in [1.54, 1.807) is 37.7 Å². The molecule has 0 aliphatic rings. The third kappa shape index (κ3) is 3.86. The van der Waals surface area contributed by atoms with E-state index in [2.05, 4.69) is 27.4 Å². The number of carbonyl (C=O) groups is 1. The Hall–Kier alpha value is -1.33. The molecule has 0 atom stereocenters. The number of ketones is 1. The van der Waals surface area contributed by atoms with E-state index >= 15 is 0 Å². The molecule has 0 N–H and O–H groups in total. The Morgan fingerprint density at radius 1 is 1.24 bits per heavy atom. The summed E-state index contributed by atoms with van der Waals surface area (Å²) in [6, 6.07) is 7.67. The molecule has 0 saturated heterocycles. The van der Waals surface area contributed by atoms with Gasteiger partial charge < -0.3 is 9.47 Å². The van der Waals surface area contributed by atoms with E-state index in [1.807, 2.05) is 6.07 Å². The monoisotopic (exact) mass is 368 g/mol. The molecule has 1 aromatic carbocycles. The van der Waals surface area contributed by atoms with Gasteiger partial charge in [0, 0.05) is 11.3 Å². The minimum absolute atomic E-state index is 0.0896. The number of methoxy groups -OCH3 is 2. The molecule has 0 fully saturated rings. The average Bonchev–Trinajstić information content (AvgIpc) is 3.00. The molecular formula is C16H17BrO3S. The van der Waals surface area contributed by atoms with Crippen LogP contribution in [-0.2, 0) is 6.42 Å². The number of Topliss-reactive ketones (excluding diaryl/α,β-unsaturated/α-hetero) is 1. The van der Waals surface area contributed by atoms with Gasteiger partial charge in [-0.05, 0) is 52.4 Å². The zero-order chi connectivity index (χ0) is 15.2. The molecule has 0 amide bonds. The van der Waals surface area contributed by atoms with E-state index < -0.39 is 0 Å². The van der Waals surface area contributed by atoms with E-state index in [1.165, 1.54) is 4.88 Å².